The minimum absolute atomic E-state index is 0.259. The molecule has 1 aliphatic rings. The fourth-order valence-corrected chi connectivity index (χ4v) is 2.89. The molecule has 0 bridgehead atoms. The monoisotopic (exact) mass is 263 g/mol. The number of benzene rings is 1. The van der Waals surface area contributed by atoms with Crippen LogP contribution in [0.2, 0.25) is 0 Å². The summed E-state index contributed by atoms with van der Waals surface area (Å²) in [5, 5.41) is 3.51. The number of nitrogens with zero attached hydrogens (tertiary/aromatic N) is 1. The van der Waals surface area contributed by atoms with Crippen LogP contribution in [0, 0.1) is 0 Å². The molecule has 0 aromatic heterocycles. The van der Waals surface area contributed by atoms with Gasteiger partial charge in [-0.3, -0.25) is 0 Å². The second-order valence-electron chi connectivity index (χ2n) is 5.63. The highest BCUT2D eigenvalue weighted by Crippen LogP contribution is 2.34. The predicted octanol–water partition coefficient (Wildman–Crippen LogP) is 2.56. The van der Waals surface area contributed by atoms with E-state index in [1.165, 1.54) is 25.7 Å². The standard InChI is InChI=1S/C15H25N3O/c1-18(2)15(8-4-5-9-15)11-17-14-10-12(19-3)6-7-13(14)16/h6-7,10,17H,4-5,8-9,11,16H2,1-3H3. The number of ether oxygens (including phenoxy) is 1. The van der Waals surface area contributed by atoms with Gasteiger partial charge >= 0.3 is 0 Å². The van der Waals surface area contributed by atoms with E-state index in [1.807, 2.05) is 18.2 Å². The van der Waals surface area contributed by atoms with E-state index in [4.69, 9.17) is 10.5 Å². The fourth-order valence-electron chi connectivity index (χ4n) is 2.89. The molecule has 1 aromatic rings. The van der Waals surface area contributed by atoms with E-state index in [0.717, 1.165) is 23.7 Å². The van der Waals surface area contributed by atoms with E-state index in [0.29, 0.717) is 0 Å². The van der Waals surface area contributed by atoms with Crippen LogP contribution in [0.3, 0.4) is 0 Å². The van der Waals surface area contributed by atoms with E-state index in [2.05, 4.69) is 24.3 Å². The number of anilines is 2. The molecule has 0 heterocycles. The lowest BCUT2D eigenvalue weighted by Gasteiger charge is -2.37. The zero-order valence-corrected chi connectivity index (χ0v) is 12.2. The topological polar surface area (TPSA) is 50.5 Å². The van der Waals surface area contributed by atoms with E-state index in [9.17, 15) is 0 Å². The van der Waals surface area contributed by atoms with Gasteiger partial charge in [0.2, 0.25) is 0 Å². The van der Waals surface area contributed by atoms with Crippen molar-refractivity contribution in [1.29, 1.82) is 0 Å². The van der Waals surface area contributed by atoms with Crippen LogP contribution in [0.25, 0.3) is 0 Å². The number of likely N-dealkylation sites (N-methyl/N-ethyl adjacent to an activating group) is 1. The van der Waals surface area contributed by atoms with E-state index >= 15 is 0 Å². The first-order chi connectivity index (χ1) is 9.07. The average molecular weight is 263 g/mol. The number of rotatable bonds is 5. The Balaban J connectivity index is 2.09. The average Bonchev–Trinajstić information content (AvgIpc) is 2.88. The molecule has 0 aliphatic heterocycles. The Morgan fingerprint density at radius 3 is 2.58 bits per heavy atom. The van der Waals surface area contributed by atoms with E-state index < -0.39 is 0 Å². The van der Waals surface area contributed by atoms with Crippen molar-refractivity contribution in [1.82, 2.24) is 4.90 Å². The molecule has 0 unspecified atom stereocenters. The Morgan fingerprint density at radius 2 is 2.00 bits per heavy atom. The molecular formula is C15H25N3O. The van der Waals surface area contributed by atoms with Crippen molar-refractivity contribution < 1.29 is 4.74 Å². The Morgan fingerprint density at radius 1 is 1.32 bits per heavy atom. The van der Waals surface area contributed by atoms with Gasteiger partial charge in [0.1, 0.15) is 5.75 Å². The summed E-state index contributed by atoms with van der Waals surface area (Å²) in [5.74, 6) is 0.835. The normalized spacial score (nSPS) is 17.7. The van der Waals surface area contributed by atoms with Crippen LogP contribution in [0.5, 0.6) is 5.75 Å². The summed E-state index contributed by atoms with van der Waals surface area (Å²) in [4.78, 5) is 2.35. The van der Waals surface area contributed by atoms with Crippen LogP contribution in [0.15, 0.2) is 18.2 Å². The van der Waals surface area contributed by atoms with Gasteiger partial charge in [0.05, 0.1) is 18.5 Å². The highest BCUT2D eigenvalue weighted by Gasteiger charge is 2.35. The Hall–Kier alpha value is -1.42. The number of hydrogen-bond acceptors (Lipinski definition) is 4. The molecule has 4 heteroatoms. The molecule has 1 fully saturated rings. The van der Waals surface area contributed by atoms with Gasteiger partial charge in [0, 0.05) is 18.2 Å². The summed E-state index contributed by atoms with van der Waals surface area (Å²) in [5.41, 5.74) is 8.01. The minimum Gasteiger partial charge on any atom is -0.497 e. The lowest BCUT2D eigenvalue weighted by Crippen LogP contribution is -2.47. The molecule has 0 saturated heterocycles. The zero-order valence-electron chi connectivity index (χ0n) is 12.2. The molecule has 19 heavy (non-hydrogen) atoms. The highest BCUT2D eigenvalue weighted by atomic mass is 16.5. The van der Waals surface area contributed by atoms with Gasteiger partial charge in [0.25, 0.3) is 0 Å². The number of nitrogen functional groups attached to an aromatic ring is 1. The molecule has 0 atom stereocenters. The van der Waals surface area contributed by atoms with Crippen LogP contribution in [-0.2, 0) is 0 Å². The van der Waals surface area contributed by atoms with Crippen molar-refractivity contribution >= 4 is 11.4 Å². The third-order valence-corrected chi connectivity index (χ3v) is 4.35. The summed E-state index contributed by atoms with van der Waals surface area (Å²) in [6.07, 6.45) is 5.12. The molecule has 0 spiro atoms. The number of hydrogen-bond donors (Lipinski definition) is 2. The summed E-state index contributed by atoms with van der Waals surface area (Å²) in [6, 6.07) is 5.74. The van der Waals surface area contributed by atoms with Crippen molar-refractivity contribution in [3.63, 3.8) is 0 Å². The Labute approximate surface area is 115 Å². The fraction of sp³-hybridized carbons (Fsp3) is 0.600. The maximum atomic E-state index is 6.02. The van der Waals surface area contributed by atoms with Crippen molar-refractivity contribution in [2.45, 2.75) is 31.2 Å². The molecule has 0 radical (unpaired) electrons. The van der Waals surface area contributed by atoms with Gasteiger partial charge in [0.15, 0.2) is 0 Å². The van der Waals surface area contributed by atoms with Crippen molar-refractivity contribution in [3.05, 3.63) is 18.2 Å². The smallest absolute Gasteiger partial charge is 0.121 e. The quantitative estimate of drug-likeness (QED) is 0.802. The largest absolute Gasteiger partial charge is 0.497 e. The van der Waals surface area contributed by atoms with Gasteiger partial charge < -0.3 is 20.7 Å². The van der Waals surface area contributed by atoms with Crippen LogP contribution >= 0.6 is 0 Å². The van der Waals surface area contributed by atoms with Crippen molar-refractivity contribution in [2.24, 2.45) is 0 Å². The van der Waals surface area contributed by atoms with Crippen molar-refractivity contribution in [3.8, 4) is 5.75 Å². The van der Waals surface area contributed by atoms with Crippen LogP contribution < -0.4 is 15.8 Å². The van der Waals surface area contributed by atoms with Crippen LogP contribution in [-0.4, -0.2) is 38.2 Å². The maximum absolute atomic E-state index is 6.02. The van der Waals surface area contributed by atoms with E-state index in [1.54, 1.807) is 7.11 Å². The zero-order chi connectivity index (χ0) is 13.9. The summed E-state index contributed by atoms with van der Waals surface area (Å²) >= 11 is 0. The van der Waals surface area contributed by atoms with Crippen LogP contribution in [0.4, 0.5) is 11.4 Å². The number of nitrogens with one attached hydrogen (secondary N) is 1. The summed E-state index contributed by atoms with van der Waals surface area (Å²) in [7, 11) is 6.01. The summed E-state index contributed by atoms with van der Waals surface area (Å²) < 4.78 is 5.25. The third-order valence-electron chi connectivity index (χ3n) is 4.35. The van der Waals surface area contributed by atoms with Gasteiger partial charge in [-0.2, -0.15) is 0 Å². The molecule has 0 amide bonds. The van der Waals surface area contributed by atoms with Crippen molar-refractivity contribution in [2.75, 3.05) is 38.8 Å². The Kier molecular flexibility index (Phi) is 4.20. The molecule has 4 nitrogen and oxygen atoms in total. The lowest BCUT2D eigenvalue weighted by atomic mass is 9.96. The summed E-state index contributed by atoms with van der Waals surface area (Å²) in [6.45, 7) is 0.928. The molecule has 106 valence electrons. The highest BCUT2D eigenvalue weighted by molar-refractivity contribution is 5.68. The first kappa shape index (κ1) is 14.0. The second-order valence-corrected chi connectivity index (χ2v) is 5.63. The molecular weight excluding hydrogens is 238 g/mol. The van der Waals surface area contributed by atoms with Gasteiger partial charge in [-0.1, -0.05) is 12.8 Å². The molecule has 3 N–H and O–H groups in total. The molecule has 1 aliphatic carbocycles. The molecule has 1 aromatic carbocycles. The molecule has 2 rings (SSSR count). The first-order valence-corrected chi connectivity index (χ1v) is 6.92. The maximum Gasteiger partial charge on any atom is 0.121 e. The minimum atomic E-state index is 0.259. The van der Waals surface area contributed by atoms with E-state index in [-0.39, 0.29) is 5.54 Å². The SMILES string of the molecule is COc1ccc(N)c(NCC2(N(C)C)CCCC2)c1. The second kappa shape index (κ2) is 5.70. The molecule has 1 saturated carbocycles. The first-order valence-electron chi connectivity index (χ1n) is 6.92. The van der Waals surface area contributed by atoms with Gasteiger partial charge in [-0.15, -0.1) is 0 Å². The number of nitrogens with two attached hydrogens (primary N) is 1. The Bertz CT molecular complexity index is 425. The third kappa shape index (κ3) is 2.95. The van der Waals surface area contributed by atoms with Gasteiger partial charge in [-0.05, 0) is 39.1 Å². The lowest BCUT2D eigenvalue weighted by molar-refractivity contribution is 0.172. The predicted molar refractivity (Wildman–Crippen MR) is 80.8 cm³/mol. The number of methoxy groups -OCH3 is 1. The van der Waals surface area contributed by atoms with Gasteiger partial charge in [-0.25, -0.2) is 0 Å². The van der Waals surface area contributed by atoms with Crippen LogP contribution in [0.1, 0.15) is 25.7 Å².